The van der Waals surface area contributed by atoms with Crippen molar-refractivity contribution in [3.8, 4) is 5.82 Å². The summed E-state index contributed by atoms with van der Waals surface area (Å²) >= 11 is 1.23. The fourth-order valence-corrected chi connectivity index (χ4v) is 2.29. The van der Waals surface area contributed by atoms with Gasteiger partial charge in [-0.05, 0) is 19.4 Å². The molecule has 0 aliphatic carbocycles. The Kier molecular flexibility index (Phi) is 4.16. The summed E-state index contributed by atoms with van der Waals surface area (Å²) in [6.07, 6.45) is 2.27. The number of rotatable bonds is 5. The molecule has 7 heteroatoms. The van der Waals surface area contributed by atoms with E-state index in [1.807, 2.05) is 26.0 Å². The van der Waals surface area contributed by atoms with E-state index in [4.69, 9.17) is 5.11 Å². The Morgan fingerprint density at radius 2 is 2.21 bits per heavy atom. The van der Waals surface area contributed by atoms with Crippen molar-refractivity contribution >= 4 is 17.7 Å². The van der Waals surface area contributed by atoms with Gasteiger partial charge in [0, 0.05) is 11.8 Å². The van der Waals surface area contributed by atoms with Gasteiger partial charge in [0.25, 0.3) is 0 Å². The second-order valence-corrected chi connectivity index (χ2v) is 4.93. The molecule has 0 fully saturated rings. The molecule has 0 aliphatic heterocycles. The van der Waals surface area contributed by atoms with Crippen molar-refractivity contribution in [1.29, 1.82) is 0 Å². The first-order valence-electron chi connectivity index (χ1n) is 5.82. The first kappa shape index (κ1) is 13.5. The summed E-state index contributed by atoms with van der Waals surface area (Å²) in [5.41, 5.74) is 1.75. The number of hydrogen-bond acceptors (Lipinski definition) is 5. The Morgan fingerprint density at radius 3 is 2.84 bits per heavy atom. The molecule has 2 aromatic heterocycles. The summed E-state index contributed by atoms with van der Waals surface area (Å²) in [6.45, 7) is 3.88. The van der Waals surface area contributed by atoms with E-state index < -0.39 is 5.97 Å². The lowest BCUT2D eigenvalue weighted by Crippen LogP contribution is -2.05. The molecular weight excluding hydrogens is 264 g/mol. The molecule has 2 heterocycles. The molecule has 19 heavy (non-hydrogen) atoms. The second-order valence-electron chi connectivity index (χ2n) is 3.94. The van der Waals surface area contributed by atoms with Crippen molar-refractivity contribution < 1.29 is 9.90 Å². The van der Waals surface area contributed by atoms with Gasteiger partial charge in [0.15, 0.2) is 5.82 Å². The van der Waals surface area contributed by atoms with Crippen molar-refractivity contribution in [2.45, 2.75) is 25.3 Å². The number of aromatic nitrogens is 4. The van der Waals surface area contributed by atoms with E-state index >= 15 is 0 Å². The number of aliphatic carboxylic acids is 1. The van der Waals surface area contributed by atoms with Gasteiger partial charge < -0.3 is 5.11 Å². The normalized spacial score (nSPS) is 10.6. The summed E-state index contributed by atoms with van der Waals surface area (Å²) in [5, 5.41) is 14.0. The van der Waals surface area contributed by atoms with Gasteiger partial charge in [-0.2, -0.15) is 5.10 Å². The maximum absolute atomic E-state index is 10.7. The summed E-state index contributed by atoms with van der Waals surface area (Å²) in [6, 6.07) is 3.71. The van der Waals surface area contributed by atoms with Gasteiger partial charge in [-0.1, -0.05) is 18.7 Å². The Balaban J connectivity index is 2.37. The lowest BCUT2D eigenvalue weighted by Gasteiger charge is -2.05. The number of thioether (sulfide) groups is 1. The largest absolute Gasteiger partial charge is 0.481 e. The van der Waals surface area contributed by atoms with E-state index in [2.05, 4.69) is 15.1 Å². The third kappa shape index (κ3) is 3.31. The highest BCUT2D eigenvalue weighted by molar-refractivity contribution is 7.99. The highest BCUT2D eigenvalue weighted by atomic mass is 32.2. The zero-order chi connectivity index (χ0) is 13.8. The van der Waals surface area contributed by atoms with E-state index in [0.29, 0.717) is 5.82 Å². The molecule has 6 nitrogen and oxygen atoms in total. The van der Waals surface area contributed by atoms with E-state index in [1.165, 1.54) is 18.1 Å². The van der Waals surface area contributed by atoms with Crippen molar-refractivity contribution in [2.75, 3.05) is 5.75 Å². The van der Waals surface area contributed by atoms with Crippen LogP contribution in [0.3, 0.4) is 0 Å². The molecule has 0 bridgehead atoms. The monoisotopic (exact) mass is 278 g/mol. The van der Waals surface area contributed by atoms with Gasteiger partial charge >= 0.3 is 5.97 Å². The molecule has 0 spiro atoms. The molecule has 2 rings (SSSR count). The van der Waals surface area contributed by atoms with Gasteiger partial charge in [-0.25, -0.2) is 14.6 Å². The molecule has 0 atom stereocenters. The van der Waals surface area contributed by atoms with Crippen LogP contribution in [0.2, 0.25) is 0 Å². The fourth-order valence-electron chi connectivity index (χ4n) is 1.54. The van der Waals surface area contributed by atoms with E-state index in [9.17, 15) is 4.79 Å². The maximum atomic E-state index is 10.7. The van der Waals surface area contributed by atoms with Gasteiger partial charge in [-0.15, -0.1) is 0 Å². The molecule has 1 N–H and O–H groups in total. The van der Waals surface area contributed by atoms with Crippen LogP contribution in [-0.4, -0.2) is 36.6 Å². The number of aryl methyl sites for hydroxylation is 2. The highest BCUT2D eigenvalue weighted by Gasteiger charge is 2.12. The number of nitrogens with zero attached hydrogens (tertiary/aromatic N) is 4. The van der Waals surface area contributed by atoms with Crippen LogP contribution in [0.15, 0.2) is 23.5 Å². The maximum Gasteiger partial charge on any atom is 0.313 e. The fraction of sp³-hybridized carbons (Fsp3) is 0.333. The smallest absolute Gasteiger partial charge is 0.313 e. The van der Waals surface area contributed by atoms with Crippen LogP contribution in [0.5, 0.6) is 0 Å². The second kappa shape index (κ2) is 5.83. The minimum Gasteiger partial charge on any atom is -0.481 e. The van der Waals surface area contributed by atoms with Gasteiger partial charge in [-0.3, -0.25) is 4.79 Å². The molecule has 0 aromatic carbocycles. The molecule has 2 aromatic rings. The lowest BCUT2D eigenvalue weighted by atomic mass is 10.3. The first-order chi connectivity index (χ1) is 9.10. The van der Waals surface area contributed by atoms with Crippen LogP contribution in [0.1, 0.15) is 18.3 Å². The predicted octanol–water partition coefficient (Wildman–Crippen LogP) is 1.71. The van der Waals surface area contributed by atoms with E-state index in [1.54, 1.807) is 4.68 Å². The Hall–Kier alpha value is -1.89. The van der Waals surface area contributed by atoms with Crippen molar-refractivity contribution in [1.82, 2.24) is 19.7 Å². The molecule has 0 amide bonds. The van der Waals surface area contributed by atoms with Gasteiger partial charge in [0.05, 0.1) is 11.4 Å². The minimum absolute atomic E-state index is 0.00108. The van der Waals surface area contributed by atoms with Crippen LogP contribution in [0.25, 0.3) is 5.82 Å². The molecule has 100 valence electrons. The van der Waals surface area contributed by atoms with E-state index in [0.717, 1.165) is 22.8 Å². The number of carbonyl (C=O) groups is 1. The third-order valence-electron chi connectivity index (χ3n) is 2.44. The van der Waals surface area contributed by atoms with Crippen LogP contribution in [0.4, 0.5) is 0 Å². The summed E-state index contributed by atoms with van der Waals surface area (Å²) in [4.78, 5) is 18.9. The Bertz CT molecular complexity index is 597. The molecule has 0 unspecified atom stereocenters. The molecule has 0 aliphatic rings. The van der Waals surface area contributed by atoms with Crippen molar-refractivity contribution in [2.24, 2.45) is 0 Å². The Labute approximate surface area is 114 Å². The zero-order valence-electron chi connectivity index (χ0n) is 10.7. The standard InChI is InChI=1S/C12H14N4O2S/c1-3-9-5-11(19-6-12(17)18)16(15-9)10-4-8(2)13-7-14-10/h4-5,7H,3,6H2,1-2H3,(H,17,18). The summed E-state index contributed by atoms with van der Waals surface area (Å²) in [7, 11) is 0. The van der Waals surface area contributed by atoms with Gasteiger partial charge in [0.1, 0.15) is 11.4 Å². The average molecular weight is 278 g/mol. The quantitative estimate of drug-likeness (QED) is 0.839. The number of carboxylic acids is 1. The van der Waals surface area contributed by atoms with E-state index in [-0.39, 0.29) is 5.75 Å². The number of hydrogen-bond donors (Lipinski definition) is 1. The topological polar surface area (TPSA) is 80.9 Å². The highest BCUT2D eigenvalue weighted by Crippen LogP contribution is 2.22. The summed E-state index contributed by atoms with van der Waals surface area (Å²) < 4.78 is 1.67. The molecule has 0 saturated carbocycles. The zero-order valence-corrected chi connectivity index (χ0v) is 11.5. The predicted molar refractivity (Wildman–Crippen MR) is 71.6 cm³/mol. The third-order valence-corrected chi connectivity index (χ3v) is 3.42. The van der Waals surface area contributed by atoms with Crippen LogP contribution < -0.4 is 0 Å². The number of carboxylic acid groups (broad SMARTS) is 1. The molecule has 0 saturated heterocycles. The van der Waals surface area contributed by atoms with Crippen LogP contribution in [-0.2, 0) is 11.2 Å². The van der Waals surface area contributed by atoms with Crippen molar-refractivity contribution in [3.63, 3.8) is 0 Å². The first-order valence-corrected chi connectivity index (χ1v) is 6.81. The van der Waals surface area contributed by atoms with Gasteiger partial charge in [0.2, 0.25) is 0 Å². The SMILES string of the molecule is CCc1cc(SCC(=O)O)n(-c2cc(C)ncn2)n1. The lowest BCUT2D eigenvalue weighted by molar-refractivity contribution is -0.133. The Morgan fingerprint density at radius 1 is 1.42 bits per heavy atom. The van der Waals surface area contributed by atoms with Crippen LogP contribution >= 0.6 is 11.8 Å². The minimum atomic E-state index is -0.852. The molecular formula is C12H14N4O2S. The average Bonchev–Trinajstić information content (AvgIpc) is 2.79. The molecule has 0 radical (unpaired) electrons. The van der Waals surface area contributed by atoms with Crippen LogP contribution in [0, 0.1) is 6.92 Å². The van der Waals surface area contributed by atoms with Crippen molar-refractivity contribution in [3.05, 3.63) is 29.8 Å². The summed E-state index contributed by atoms with van der Waals surface area (Å²) in [5.74, 6) is -0.200.